The number of nitrogens with two attached hydrogens (primary N) is 1. The topological polar surface area (TPSA) is 115 Å². The maximum absolute atomic E-state index is 14.3. The zero-order valence-electron chi connectivity index (χ0n) is 26.3. The molecule has 1 aliphatic carbocycles. The number of carbonyl (C=O) groups excluding carboxylic acids is 3. The van der Waals surface area contributed by atoms with Gasteiger partial charge in [0.25, 0.3) is 0 Å². The Morgan fingerprint density at radius 2 is 1.72 bits per heavy atom. The summed E-state index contributed by atoms with van der Waals surface area (Å²) < 4.78 is 0. The first-order valence-electron chi connectivity index (χ1n) is 15.3. The molecular formula is C34H46N6O3. The molecule has 9 nitrogen and oxygen atoms in total. The normalized spacial score (nSPS) is 19.1. The quantitative estimate of drug-likeness (QED) is 0.386. The molecule has 2 unspecified atom stereocenters. The van der Waals surface area contributed by atoms with Crippen LogP contribution in [0.1, 0.15) is 68.6 Å². The van der Waals surface area contributed by atoms with Gasteiger partial charge in [-0.25, -0.2) is 4.79 Å². The van der Waals surface area contributed by atoms with Gasteiger partial charge in [0, 0.05) is 74.7 Å². The minimum absolute atomic E-state index is 0.0893. The van der Waals surface area contributed by atoms with Crippen LogP contribution in [0.15, 0.2) is 54.7 Å². The Balaban J connectivity index is 1.39. The second-order valence-corrected chi connectivity index (χ2v) is 13.5. The third kappa shape index (κ3) is 6.00. The molecule has 0 radical (unpaired) electrons. The first kappa shape index (κ1) is 30.6. The van der Waals surface area contributed by atoms with Crippen molar-refractivity contribution in [1.29, 1.82) is 0 Å². The van der Waals surface area contributed by atoms with Gasteiger partial charge in [-0.05, 0) is 55.9 Å². The molecule has 1 spiro atoms. The number of amides is 4. The number of nitrogens with zero attached hydrogens (tertiary/aromatic N) is 3. The van der Waals surface area contributed by atoms with Gasteiger partial charge in [-0.15, -0.1) is 0 Å². The molecule has 1 saturated heterocycles. The van der Waals surface area contributed by atoms with Gasteiger partial charge in [0.15, 0.2) is 0 Å². The minimum atomic E-state index is -0.761. The molecule has 0 bridgehead atoms. The monoisotopic (exact) mass is 586 g/mol. The average molecular weight is 587 g/mol. The van der Waals surface area contributed by atoms with E-state index in [9.17, 15) is 14.4 Å². The highest BCUT2D eigenvalue weighted by Gasteiger charge is 2.49. The van der Waals surface area contributed by atoms with Crippen LogP contribution in [-0.4, -0.2) is 89.9 Å². The Kier molecular flexibility index (Phi) is 8.31. The second kappa shape index (κ2) is 11.7. The van der Waals surface area contributed by atoms with E-state index < -0.39 is 11.6 Å². The number of urea groups is 1. The summed E-state index contributed by atoms with van der Waals surface area (Å²) in [5, 5.41) is 4.11. The number of piperidine rings is 1. The molecule has 1 fully saturated rings. The van der Waals surface area contributed by atoms with Crippen LogP contribution in [0, 0.1) is 0 Å². The maximum atomic E-state index is 14.3. The van der Waals surface area contributed by atoms with Crippen LogP contribution in [0.4, 0.5) is 4.79 Å². The SMILES string of the molecule is C[C@H](c1c[nH]c2ccccc12)C(NC(=O)N(C)CC(C)(C)N)C(=O)N1CCC2(CC1)CC(C(=O)N(C)C)c1ccccc12. The number of H-pyrrole nitrogens is 1. The van der Waals surface area contributed by atoms with Crippen LogP contribution in [0.25, 0.3) is 10.9 Å². The van der Waals surface area contributed by atoms with E-state index >= 15 is 0 Å². The summed E-state index contributed by atoms with van der Waals surface area (Å²) in [5.41, 5.74) is 9.81. The van der Waals surface area contributed by atoms with Crippen molar-refractivity contribution >= 4 is 28.7 Å². The average Bonchev–Trinajstić information content (AvgIpc) is 3.54. The lowest BCUT2D eigenvalue weighted by molar-refractivity contribution is -0.136. The number of aromatic nitrogens is 1. The zero-order chi connectivity index (χ0) is 31.1. The number of aromatic amines is 1. The fraction of sp³-hybridized carbons (Fsp3) is 0.500. The predicted molar refractivity (Wildman–Crippen MR) is 170 cm³/mol. The van der Waals surface area contributed by atoms with E-state index in [-0.39, 0.29) is 35.1 Å². The number of nitrogens with one attached hydrogen (secondary N) is 2. The highest BCUT2D eigenvalue weighted by Crippen LogP contribution is 2.52. The molecule has 1 aliphatic heterocycles. The van der Waals surface area contributed by atoms with Crippen LogP contribution in [0.5, 0.6) is 0 Å². The Hall–Kier alpha value is -3.85. The summed E-state index contributed by atoms with van der Waals surface area (Å²) in [4.78, 5) is 49.3. The molecule has 0 saturated carbocycles. The van der Waals surface area contributed by atoms with Gasteiger partial charge < -0.3 is 30.7 Å². The highest BCUT2D eigenvalue weighted by molar-refractivity contribution is 5.90. The molecule has 3 aromatic rings. The van der Waals surface area contributed by atoms with E-state index in [0.29, 0.717) is 19.6 Å². The Morgan fingerprint density at radius 1 is 1.07 bits per heavy atom. The van der Waals surface area contributed by atoms with Gasteiger partial charge in [0.05, 0.1) is 5.92 Å². The van der Waals surface area contributed by atoms with Crippen molar-refractivity contribution in [2.75, 3.05) is 40.8 Å². The lowest BCUT2D eigenvalue weighted by atomic mass is 9.73. The van der Waals surface area contributed by atoms with E-state index in [1.54, 1.807) is 16.8 Å². The molecular weight excluding hydrogens is 540 g/mol. The molecule has 2 aromatic carbocycles. The van der Waals surface area contributed by atoms with Crippen LogP contribution < -0.4 is 11.1 Å². The molecule has 9 heteroatoms. The number of carbonyl (C=O) groups is 3. The number of likely N-dealkylation sites (tertiary alicyclic amines) is 1. The standard InChI is InChI=1S/C34H46N6O3/c1-22(26-20-36-28-14-10-8-12-24(26)28)29(37-32(43)39(6)21-33(2,3)35)31(42)40-17-15-34(16-18-40)19-25(30(41)38(4)5)23-11-7-9-13-27(23)34/h7-14,20,22,25,29,36H,15-19,21,35H2,1-6H3,(H,37,43)/t22-,25?,29?/m1/s1. The van der Waals surface area contributed by atoms with Crippen molar-refractivity contribution in [3.8, 4) is 0 Å². The van der Waals surface area contributed by atoms with Gasteiger partial charge in [0.2, 0.25) is 11.8 Å². The third-order valence-corrected chi connectivity index (χ3v) is 9.42. The van der Waals surface area contributed by atoms with Crippen molar-refractivity contribution < 1.29 is 14.4 Å². The number of hydrogen-bond acceptors (Lipinski definition) is 4. The highest BCUT2D eigenvalue weighted by atomic mass is 16.2. The van der Waals surface area contributed by atoms with Gasteiger partial charge in [-0.1, -0.05) is 49.4 Å². The first-order chi connectivity index (χ1) is 20.3. The number of likely N-dealkylation sites (N-methyl/N-ethyl adjacent to an activating group) is 2. The van der Waals surface area contributed by atoms with Crippen molar-refractivity contribution in [1.82, 2.24) is 25.0 Å². The zero-order valence-corrected chi connectivity index (χ0v) is 26.3. The lowest BCUT2D eigenvalue weighted by Gasteiger charge is -2.42. The summed E-state index contributed by atoms with van der Waals surface area (Å²) in [5.74, 6) is -0.404. The Morgan fingerprint density at radius 3 is 2.40 bits per heavy atom. The van der Waals surface area contributed by atoms with Crippen molar-refractivity contribution in [2.45, 2.75) is 68.9 Å². The number of benzene rings is 2. The van der Waals surface area contributed by atoms with Crippen molar-refractivity contribution in [3.05, 3.63) is 71.4 Å². The van der Waals surface area contributed by atoms with Crippen LogP contribution in [0.2, 0.25) is 0 Å². The molecule has 5 rings (SSSR count). The summed E-state index contributed by atoms with van der Waals surface area (Å²) in [6, 6.07) is 15.2. The number of hydrogen-bond donors (Lipinski definition) is 3. The van der Waals surface area contributed by atoms with Gasteiger partial charge in [-0.2, -0.15) is 0 Å². The Bertz CT molecular complexity index is 1500. The van der Waals surface area contributed by atoms with E-state index in [0.717, 1.165) is 41.3 Å². The molecule has 3 atom stereocenters. The molecule has 4 amide bonds. The summed E-state index contributed by atoms with van der Waals surface area (Å²) in [6.07, 6.45) is 4.25. The van der Waals surface area contributed by atoms with Gasteiger partial charge in [0.1, 0.15) is 6.04 Å². The fourth-order valence-corrected chi connectivity index (χ4v) is 7.23. The molecule has 1 aromatic heterocycles. The van der Waals surface area contributed by atoms with Crippen LogP contribution >= 0.6 is 0 Å². The minimum Gasteiger partial charge on any atom is -0.361 e. The maximum Gasteiger partial charge on any atom is 0.317 e. The van der Waals surface area contributed by atoms with Gasteiger partial charge in [-0.3, -0.25) is 9.59 Å². The second-order valence-electron chi connectivity index (χ2n) is 13.5. The molecule has 4 N–H and O–H groups in total. The van der Waals surface area contributed by atoms with E-state index in [2.05, 4.69) is 22.4 Å². The van der Waals surface area contributed by atoms with Crippen molar-refractivity contribution in [3.63, 3.8) is 0 Å². The van der Waals surface area contributed by atoms with Crippen LogP contribution in [0.3, 0.4) is 0 Å². The smallest absolute Gasteiger partial charge is 0.317 e. The molecule has 230 valence electrons. The summed E-state index contributed by atoms with van der Waals surface area (Å²) >= 11 is 0. The third-order valence-electron chi connectivity index (χ3n) is 9.42. The first-order valence-corrected chi connectivity index (χ1v) is 15.3. The van der Waals surface area contributed by atoms with Gasteiger partial charge >= 0.3 is 6.03 Å². The lowest BCUT2D eigenvalue weighted by Crippen LogP contribution is -2.57. The predicted octanol–water partition coefficient (Wildman–Crippen LogP) is 4.15. The molecule has 2 heterocycles. The molecule has 2 aliphatic rings. The van der Waals surface area contributed by atoms with E-state index in [4.69, 9.17) is 5.73 Å². The number of fused-ring (bicyclic) bond motifs is 3. The fourth-order valence-electron chi connectivity index (χ4n) is 7.23. The van der Waals surface area contributed by atoms with Crippen molar-refractivity contribution in [2.24, 2.45) is 5.73 Å². The summed E-state index contributed by atoms with van der Waals surface area (Å²) in [6.45, 7) is 7.22. The van der Waals surface area contributed by atoms with E-state index in [1.165, 1.54) is 5.56 Å². The van der Waals surface area contributed by atoms with E-state index in [1.807, 2.05) is 82.4 Å². The molecule has 43 heavy (non-hydrogen) atoms. The summed E-state index contributed by atoms with van der Waals surface area (Å²) in [7, 11) is 5.33. The number of rotatable bonds is 7. The van der Waals surface area contributed by atoms with Crippen LogP contribution in [-0.2, 0) is 15.0 Å². The Labute approximate surface area is 254 Å². The largest absolute Gasteiger partial charge is 0.361 e. The number of para-hydroxylation sites is 1.